The molecule has 28 heavy (non-hydrogen) atoms. The fraction of sp³-hybridized carbons (Fsp3) is 0.238. The van der Waals surface area contributed by atoms with E-state index in [0.29, 0.717) is 12.1 Å². The van der Waals surface area contributed by atoms with Gasteiger partial charge in [0.05, 0.1) is 17.1 Å². The molecule has 146 valence electrons. The zero-order chi connectivity index (χ0) is 20.5. The Labute approximate surface area is 159 Å². The molecule has 0 spiro atoms. The highest BCUT2D eigenvalue weighted by atomic mass is 19.4. The summed E-state index contributed by atoms with van der Waals surface area (Å²) in [6.07, 6.45) is -3.18. The van der Waals surface area contributed by atoms with Crippen LogP contribution in [0.4, 0.5) is 13.2 Å². The number of aromatic nitrogens is 1. The second-order valence-corrected chi connectivity index (χ2v) is 6.49. The molecule has 0 aliphatic rings. The van der Waals surface area contributed by atoms with Gasteiger partial charge in [0.1, 0.15) is 5.56 Å². The second kappa shape index (κ2) is 7.50. The Bertz CT molecular complexity index is 1070. The summed E-state index contributed by atoms with van der Waals surface area (Å²) < 4.78 is 40.8. The fourth-order valence-electron chi connectivity index (χ4n) is 3.10. The van der Waals surface area contributed by atoms with Crippen LogP contribution in [0, 0.1) is 0 Å². The summed E-state index contributed by atoms with van der Waals surface area (Å²) in [5.74, 6) is -0.622. The lowest BCUT2D eigenvalue weighted by Gasteiger charge is -2.16. The highest BCUT2D eigenvalue weighted by molar-refractivity contribution is 5.97. The zero-order valence-corrected chi connectivity index (χ0v) is 15.4. The molecule has 0 radical (unpaired) electrons. The number of pyridine rings is 1. The highest BCUT2D eigenvalue weighted by Gasteiger charge is 2.31. The predicted octanol–water partition coefficient (Wildman–Crippen LogP) is 4.53. The molecular weight excluding hydrogens is 369 g/mol. The molecule has 0 aliphatic carbocycles. The van der Waals surface area contributed by atoms with E-state index in [1.165, 1.54) is 12.3 Å². The molecule has 0 saturated heterocycles. The minimum atomic E-state index is -4.57. The maximum atomic E-state index is 13.1. The van der Waals surface area contributed by atoms with Crippen LogP contribution in [0.5, 0.6) is 0 Å². The molecule has 1 atom stereocenters. The van der Waals surface area contributed by atoms with Crippen LogP contribution in [0.25, 0.3) is 10.9 Å². The normalized spacial score (nSPS) is 12.8. The van der Waals surface area contributed by atoms with Crippen molar-refractivity contribution in [2.75, 3.05) is 0 Å². The molecule has 4 nitrogen and oxygen atoms in total. The van der Waals surface area contributed by atoms with Crippen LogP contribution >= 0.6 is 0 Å². The number of carbonyl (C=O) groups excluding carboxylic acids is 1. The van der Waals surface area contributed by atoms with Gasteiger partial charge < -0.3 is 9.88 Å². The van der Waals surface area contributed by atoms with E-state index in [0.717, 1.165) is 17.7 Å². The fourth-order valence-corrected chi connectivity index (χ4v) is 3.10. The maximum absolute atomic E-state index is 13.1. The Morgan fingerprint density at radius 2 is 1.82 bits per heavy atom. The quantitative estimate of drug-likeness (QED) is 0.714. The average Bonchev–Trinajstić information content (AvgIpc) is 2.68. The molecule has 0 saturated carbocycles. The van der Waals surface area contributed by atoms with E-state index in [1.807, 2.05) is 30.3 Å². The van der Waals surface area contributed by atoms with Gasteiger partial charge in [-0.1, -0.05) is 30.3 Å². The summed E-state index contributed by atoms with van der Waals surface area (Å²) in [4.78, 5) is 25.5. The van der Waals surface area contributed by atoms with Crippen molar-refractivity contribution in [3.63, 3.8) is 0 Å². The number of fused-ring (bicyclic) bond motifs is 1. The Balaban J connectivity index is 2.06. The number of hydrogen-bond donors (Lipinski definition) is 1. The van der Waals surface area contributed by atoms with E-state index >= 15 is 0 Å². The summed E-state index contributed by atoms with van der Waals surface area (Å²) in [6, 6.07) is 11.8. The first kappa shape index (κ1) is 19.7. The minimum absolute atomic E-state index is 0.128. The van der Waals surface area contributed by atoms with Gasteiger partial charge in [0.15, 0.2) is 0 Å². The summed E-state index contributed by atoms with van der Waals surface area (Å²) in [5.41, 5.74) is -0.616. The number of benzene rings is 2. The number of hydrogen-bond acceptors (Lipinski definition) is 2. The molecule has 0 bridgehead atoms. The molecule has 2 aromatic carbocycles. The number of carbonyl (C=O) groups is 1. The first-order valence-corrected chi connectivity index (χ1v) is 8.82. The minimum Gasteiger partial charge on any atom is -0.347 e. The molecule has 3 aromatic rings. The van der Waals surface area contributed by atoms with Gasteiger partial charge in [0.2, 0.25) is 5.43 Å². The van der Waals surface area contributed by atoms with E-state index in [9.17, 15) is 22.8 Å². The van der Waals surface area contributed by atoms with Crippen LogP contribution < -0.4 is 10.7 Å². The number of nitrogens with zero attached hydrogens (tertiary/aromatic N) is 1. The van der Waals surface area contributed by atoms with Crippen molar-refractivity contribution in [2.24, 2.45) is 0 Å². The molecular formula is C21H19F3N2O2. The number of aryl methyl sites for hydroxylation is 1. The van der Waals surface area contributed by atoms with Crippen molar-refractivity contribution in [3.05, 3.63) is 81.6 Å². The van der Waals surface area contributed by atoms with Gasteiger partial charge in [-0.15, -0.1) is 0 Å². The van der Waals surface area contributed by atoms with Gasteiger partial charge in [-0.05, 0) is 37.6 Å². The van der Waals surface area contributed by atoms with Crippen molar-refractivity contribution < 1.29 is 18.0 Å². The lowest BCUT2D eigenvalue weighted by atomic mass is 10.1. The van der Waals surface area contributed by atoms with E-state index < -0.39 is 23.1 Å². The van der Waals surface area contributed by atoms with E-state index in [2.05, 4.69) is 5.32 Å². The monoisotopic (exact) mass is 388 g/mol. The van der Waals surface area contributed by atoms with Crippen molar-refractivity contribution >= 4 is 16.8 Å². The standard InChI is InChI=1S/C21H19F3N2O2/c1-3-26-12-17(20(28)25-13(2)14-7-5-4-6-8-14)19(27)16-11-15(21(22,23)24)9-10-18(16)26/h4-13H,3H2,1-2H3,(H,25,28)/t13-/m1/s1. The van der Waals surface area contributed by atoms with Gasteiger partial charge in [-0.2, -0.15) is 13.2 Å². The third-order valence-electron chi connectivity index (χ3n) is 4.64. The summed E-state index contributed by atoms with van der Waals surface area (Å²) >= 11 is 0. The van der Waals surface area contributed by atoms with Crippen molar-refractivity contribution in [3.8, 4) is 0 Å². The number of halogens is 3. The van der Waals surface area contributed by atoms with Crippen LogP contribution in [0.1, 0.15) is 41.4 Å². The number of rotatable bonds is 4. The van der Waals surface area contributed by atoms with Crippen molar-refractivity contribution in [1.82, 2.24) is 9.88 Å². The second-order valence-electron chi connectivity index (χ2n) is 6.49. The van der Waals surface area contributed by atoms with Crippen molar-refractivity contribution in [2.45, 2.75) is 32.6 Å². The Hall–Kier alpha value is -3.09. The number of nitrogens with one attached hydrogen (secondary N) is 1. The van der Waals surface area contributed by atoms with Crippen LogP contribution in [0.3, 0.4) is 0 Å². The molecule has 1 N–H and O–H groups in total. The largest absolute Gasteiger partial charge is 0.416 e. The van der Waals surface area contributed by atoms with Gasteiger partial charge in [-0.25, -0.2) is 0 Å². The number of amides is 1. The third kappa shape index (κ3) is 3.78. The molecule has 0 unspecified atom stereocenters. The Morgan fingerprint density at radius 3 is 2.43 bits per heavy atom. The third-order valence-corrected chi connectivity index (χ3v) is 4.64. The van der Waals surface area contributed by atoms with Crippen LogP contribution in [0.15, 0.2) is 59.5 Å². The van der Waals surface area contributed by atoms with Crippen LogP contribution in [-0.4, -0.2) is 10.5 Å². The molecule has 0 aliphatic heterocycles. The van der Waals surface area contributed by atoms with Crippen LogP contribution in [-0.2, 0) is 12.7 Å². The number of alkyl halides is 3. The van der Waals surface area contributed by atoms with E-state index in [4.69, 9.17) is 0 Å². The lowest BCUT2D eigenvalue weighted by molar-refractivity contribution is -0.137. The SMILES string of the molecule is CCn1cc(C(=O)N[C@H](C)c2ccccc2)c(=O)c2cc(C(F)(F)F)ccc21. The van der Waals surface area contributed by atoms with Gasteiger partial charge in [0.25, 0.3) is 5.91 Å². The van der Waals surface area contributed by atoms with Crippen LogP contribution in [0.2, 0.25) is 0 Å². The molecule has 3 rings (SSSR count). The Morgan fingerprint density at radius 1 is 1.14 bits per heavy atom. The van der Waals surface area contributed by atoms with E-state index in [1.54, 1.807) is 18.4 Å². The topological polar surface area (TPSA) is 51.1 Å². The predicted molar refractivity (Wildman–Crippen MR) is 101 cm³/mol. The average molecular weight is 388 g/mol. The lowest BCUT2D eigenvalue weighted by Crippen LogP contribution is -2.32. The molecule has 1 amide bonds. The Kier molecular flexibility index (Phi) is 5.27. The highest BCUT2D eigenvalue weighted by Crippen LogP contribution is 2.30. The zero-order valence-electron chi connectivity index (χ0n) is 15.4. The summed E-state index contributed by atoms with van der Waals surface area (Å²) in [5, 5.41) is 2.61. The molecule has 7 heteroatoms. The van der Waals surface area contributed by atoms with Gasteiger partial charge in [0, 0.05) is 18.1 Å². The van der Waals surface area contributed by atoms with Crippen molar-refractivity contribution in [1.29, 1.82) is 0 Å². The molecule has 1 aromatic heterocycles. The molecule has 0 fully saturated rings. The van der Waals surface area contributed by atoms with E-state index in [-0.39, 0.29) is 17.0 Å². The smallest absolute Gasteiger partial charge is 0.347 e. The summed E-state index contributed by atoms with van der Waals surface area (Å²) in [6.45, 7) is 3.96. The van der Waals surface area contributed by atoms with Gasteiger partial charge >= 0.3 is 6.18 Å². The maximum Gasteiger partial charge on any atom is 0.416 e. The van der Waals surface area contributed by atoms with Gasteiger partial charge in [-0.3, -0.25) is 9.59 Å². The first-order chi connectivity index (χ1) is 13.2. The molecule has 1 heterocycles. The first-order valence-electron chi connectivity index (χ1n) is 8.82. The summed E-state index contributed by atoms with van der Waals surface area (Å²) in [7, 11) is 0.